The van der Waals surface area contributed by atoms with Gasteiger partial charge in [-0.2, -0.15) is 0 Å². The molecular weight excluding hydrogens is 404 g/mol. The lowest BCUT2D eigenvalue weighted by molar-refractivity contribution is 0.201. The minimum Gasteiger partial charge on any atom is -0.479 e. The van der Waals surface area contributed by atoms with Gasteiger partial charge in [-0.1, -0.05) is 0 Å². The van der Waals surface area contributed by atoms with E-state index in [9.17, 15) is 8.42 Å². The average Bonchev–Trinajstić information content (AvgIpc) is 3.17. The average molecular weight is 433 g/mol. The third-order valence-corrected chi connectivity index (χ3v) is 7.05. The summed E-state index contributed by atoms with van der Waals surface area (Å²) in [6.45, 7) is 1.81. The maximum atomic E-state index is 12.9. The number of methoxy groups -OCH3 is 1. The molecule has 4 rings (SSSR count). The Kier molecular flexibility index (Phi) is 6.10. The van der Waals surface area contributed by atoms with Crippen LogP contribution in [-0.2, 0) is 22.9 Å². The lowest BCUT2D eigenvalue weighted by Gasteiger charge is -2.15. The zero-order chi connectivity index (χ0) is 21.1. The van der Waals surface area contributed by atoms with Crippen LogP contribution in [-0.4, -0.2) is 56.6 Å². The van der Waals surface area contributed by atoms with Crippen LogP contribution in [0, 0.1) is 0 Å². The summed E-state index contributed by atoms with van der Waals surface area (Å²) < 4.78 is 39.7. The number of sulfonamides is 1. The minimum atomic E-state index is -3.83. The largest absolute Gasteiger partial charge is 0.479 e. The molecule has 0 aromatic carbocycles. The molecule has 162 valence electrons. The maximum absolute atomic E-state index is 12.9. The number of ether oxygens (including phenoxy) is 2. The van der Waals surface area contributed by atoms with Crippen LogP contribution in [0.4, 0.5) is 5.69 Å². The third kappa shape index (κ3) is 4.67. The molecule has 2 aromatic heterocycles. The van der Waals surface area contributed by atoms with Crippen molar-refractivity contribution in [2.75, 3.05) is 32.0 Å². The molecule has 2 aromatic rings. The van der Waals surface area contributed by atoms with Crippen molar-refractivity contribution in [2.45, 2.75) is 49.5 Å². The Hall–Kier alpha value is -2.39. The SMILES string of the molecule is COc1nc2c(cc1NS(=O)(=O)c1ccc(OC3CCCC3)nc1)CCN(C)CC2. The number of hydrogen-bond donors (Lipinski definition) is 1. The van der Waals surface area contributed by atoms with Crippen molar-refractivity contribution >= 4 is 15.7 Å². The maximum Gasteiger partial charge on any atom is 0.263 e. The van der Waals surface area contributed by atoms with Crippen LogP contribution in [0.2, 0.25) is 0 Å². The fraction of sp³-hybridized carbons (Fsp3) is 0.524. The van der Waals surface area contributed by atoms with Gasteiger partial charge >= 0.3 is 0 Å². The second-order valence-electron chi connectivity index (χ2n) is 7.92. The topological polar surface area (TPSA) is 93.6 Å². The summed E-state index contributed by atoms with van der Waals surface area (Å²) in [5, 5.41) is 0. The molecule has 1 saturated carbocycles. The number of nitrogens with zero attached hydrogens (tertiary/aromatic N) is 3. The Morgan fingerprint density at radius 1 is 1.17 bits per heavy atom. The molecule has 3 heterocycles. The smallest absolute Gasteiger partial charge is 0.263 e. The molecule has 1 fully saturated rings. The molecule has 0 bridgehead atoms. The van der Waals surface area contributed by atoms with Crippen LogP contribution in [0.5, 0.6) is 11.8 Å². The Labute approximate surface area is 177 Å². The lowest BCUT2D eigenvalue weighted by atomic mass is 10.1. The van der Waals surface area contributed by atoms with E-state index < -0.39 is 10.0 Å². The van der Waals surface area contributed by atoms with Gasteiger partial charge in [0.1, 0.15) is 16.7 Å². The molecule has 0 atom stereocenters. The second kappa shape index (κ2) is 8.77. The first kappa shape index (κ1) is 20.9. The van der Waals surface area contributed by atoms with E-state index in [0.717, 1.165) is 62.9 Å². The van der Waals surface area contributed by atoms with Gasteiger partial charge in [0.25, 0.3) is 10.0 Å². The number of pyridine rings is 2. The first-order valence-corrected chi connectivity index (χ1v) is 11.8. The van der Waals surface area contributed by atoms with E-state index >= 15 is 0 Å². The number of anilines is 1. The fourth-order valence-corrected chi connectivity index (χ4v) is 4.92. The fourth-order valence-electron chi connectivity index (χ4n) is 3.93. The Balaban J connectivity index is 1.54. The predicted octanol–water partition coefficient (Wildman–Crippen LogP) is 2.64. The van der Waals surface area contributed by atoms with E-state index in [1.165, 1.54) is 19.4 Å². The van der Waals surface area contributed by atoms with Gasteiger partial charge in [0, 0.05) is 31.3 Å². The number of nitrogens with one attached hydrogen (secondary N) is 1. The summed E-state index contributed by atoms with van der Waals surface area (Å²) in [4.78, 5) is 11.1. The highest BCUT2D eigenvalue weighted by Gasteiger charge is 2.22. The first-order valence-electron chi connectivity index (χ1n) is 10.4. The van der Waals surface area contributed by atoms with Gasteiger partial charge in [-0.05, 0) is 56.8 Å². The lowest BCUT2D eigenvalue weighted by Crippen LogP contribution is -2.20. The number of fused-ring (bicyclic) bond motifs is 1. The van der Waals surface area contributed by atoms with Gasteiger partial charge in [0.15, 0.2) is 0 Å². The van der Waals surface area contributed by atoms with Crippen molar-refractivity contribution in [1.82, 2.24) is 14.9 Å². The van der Waals surface area contributed by atoms with E-state index in [4.69, 9.17) is 9.47 Å². The normalized spacial score (nSPS) is 17.9. The van der Waals surface area contributed by atoms with E-state index in [0.29, 0.717) is 11.6 Å². The zero-order valence-electron chi connectivity index (χ0n) is 17.4. The molecule has 9 heteroatoms. The van der Waals surface area contributed by atoms with Gasteiger partial charge in [0.05, 0.1) is 13.3 Å². The summed E-state index contributed by atoms with van der Waals surface area (Å²) in [5.74, 6) is 0.727. The summed E-state index contributed by atoms with van der Waals surface area (Å²) >= 11 is 0. The van der Waals surface area contributed by atoms with E-state index in [2.05, 4.69) is 26.6 Å². The quantitative estimate of drug-likeness (QED) is 0.750. The highest BCUT2D eigenvalue weighted by atomic mass is 32.2. The molecule has 0 saturated heterocycles. The van der Waals surface area contributed by atoms with E-state index in [1.54, 1.807) is 6.07 Å². The molecular formula is C21H28N4O4S. The molecule has 0 unspecified atom stereocenters. The van der Waals surface area contributed by atoms with Gasteiger partial charge < -0.3 is 14.4 Å². The van der Waals surface area contributed by atoms with Crippen LogP contribution < -0.4 is 14.2 Å². The van der Waals surface area contributed by atoms with Crippen molar-refractivity contribution < 1.29 is 17.9 Å². The van der Waals surface area contributed by atoms with Crippen LogP contribution >= 0.6 is 0 Å². The predicted molar refractivity (Wildman–Crippen MR) is 114 cm³/mol. The van der Waals surface area contributed by atoms with E-state index in [-0.39, 0.29) is 16.9 Å². The minimum absolute atomic E-state index is 0.0676. The number of aromatic nitrogens is 2. The molecule has 0 spiro atoms. The van der Waals surface area contributed by atoms with Crippen molar-refractivity contribution in [2.24, 2.45) is 0 Å². The van der Waals surface area contributed by atoms with Crippen LogP contribution in [0.3, 0.4) is 0 Å². The molecule has 1 N–H and O–H groups in total. The van der Waals surface area contributed by atoms with Crippen molar-refractivity contribution in [3.8, 4) is 11.8 Å². The summed E-state index contributed by atoms with van der Waals surface area (Å²) in [7, 11) is -0.273. The summed E-state index contributed by atoms with van der Waals surface area (Å²) in [6, 6.07) is 4.95. The highest BCUT2D eigenvalue weighted by Crippen LogP contribution is 2.29. The van der Waals surface area contributed by atoms with Crippen LogP contribution in [0.25, 0.3) is 0 Å². The van der Waals surface area contributed by atoms with Gasteiger partial charge in [-0.15, -0.1) is 0 Å². The Morgan fingerprint density at radius 3 is 2.63 bits per heavy atom. The highest BCUT2D eigenvalue weighted by molar-refractivity contribution is 7.92. The van der Waals surface area contributed by atoms with Crippen LogP contribution in [0.15, 0.2) is 29.3 Å². The van der Waals surface area contributed by atoms with Gasteiger partial charge in [-0.3, -0.25) is 4.72 Å². The van der Waals surface area contributed by atoms with Crippen molar-refractivity contribution in [1.29, 1.82) is 0 Å². The molecule has 0 amide bonds. The summed E-state index contributed by atoms with van der Waals surface area (Å²) in [6.07, 6.45) is 7.47. The molecule has 2 aliphatic rings. The standard InChI is InChI=1S/C21H28N4O4S/c1-25-11-9-15-13-19(21(28-2)23-18(15)10-12-25)24-30(26,27)17-7-8-20(22-14-17)29-16-5-3-4-6-16/h7-8,13-14,16,24H,3-6,9-12H2,1-2H3. The van der Waals surface area contributed by atoms with Crippen molar-refractivity contribution in [3.05, 3.63) is 35.7 Å². The molecule has 1 aliphatic heterocycles. The molecule has 30 heavy (non-hydrogen) atoms. The van der Waals surface area contributed by atoms with Gasteiger partial charge in [0.2, 0.25) is 11.8 Å². The number of likely N-dealkylation sites (N-methyl/N-ethyl adjacent to an activating group) is 1. The monoisotopic (exact) mass is 432 g/mol. The van der Waals surface area contributed by atoms with Crippen molar-refractivity contribution in [3.63, 3.8) is 0 Å². The molecule has 1 aliphatic carbocycles. The third-order valence-electron chi connectivity index (χ3n) is 5.70. The molecule has 8 nitrogen and oxygen atoms in total. The Bertz CT molecular complexity index is 989. The number of rotatable bonds is 6. The zero-order valence-corrected chi connectivity index (χ0v) is 18.2. The molecule has 0 radical (unpaired) electrons. The summed E-state index contributed by atoms with van der Waals surface area (Å²) in [5.41, 5.74) is 2.33. The van der Waals surface area contributed by atoms with Gasteiger partial charge in [-0.25, -0.2) is 18.4 Å². The Morgan fingerprint density at radius 2 is 1.93 bits per heavy atom. The second-order valence-corrected chi connectivity index (χ2v) is 9.60. The number of hydrogen-bond acceptors (Lipinski definition) is 7. The first-order chi connectivity index (χ1) is 14.4. The van der Waals surface area contributed by atoms with Crippen LogP contribution in [0.1, 0.15) is 36.9 Å². The van der Waals surface area contributed by atoms with E-state index in [1.807, 2.05) is 6.07 Å².